The second kappa shape index (κ2) is 6.80. The van der Waals surface area contributed by atoms with E-state index in [0.29, 0.717) is 10.6 Å². The number of amides is 1. The van der Waals surface area contributed by atoms with E-state index in [1.807, 2.05) is 6.92 Å². The van der Waals surface area contributed by atoms with Crippen LogP contribution in [0.5, 0.6) is 0 Å². The molecule has 0 fully saturated rings. The van der Waals surface area contributed by atoms with Gasteiger partial charge in [0, 0.05) is 5.02 Å². The Hall–Kier alpha value is -1.75. The Morgan fingerprint density at radius 1 is 1.38 bits per heavy atom. The molecule has 2 N–H and O–H groups in total. The fourth-order valence-electron chi connectivity index (χ4n) is 1.89. The van der Waals surface area contributed by atoms with Gasteiger partial charge in [0.1, 0.15) is 5.60 Å². The van der Waals surface area contributed by atoms with Crippen molar-refractivity contribution in [3.05, 3.63) is 34.3 Å². The lowest BCUT2D eigenvalue weighted by atomic mass is 9.99. The topological polar surface area (TPSA) is 75.6 Å². The van der Waals surface area contributed by atoms with Gasteiger partial charge in [0.25, 0.3) is 0 Å². The van der Waals surface area contributed by atoms with Gasteiger partial charge in [0.2, 0.25) is 0 Å². The average molecular weight is 314 g/mol. The maximum atomic E-state index is 11.8. The first-order valence-electron chi connectivity index (χ1n) is 6.56. The van der Waals surface area contributed by atoms with Crippen molar-refractivity contribution in [3.8, 4) is 0 Å². The molecule has 0 aliphatic carbocycles. The highest BCUT2D eigenvalue weighted by Gasteiger charge is 2.23. The summed E-state index contributed by atoms with van der Waals surface area (Å²) in [6.45, 7) is 7.04. The van der Waals surface area contributed by atoms with Crippen molar-refractivity contribution in [2.45, 2.75) is 45.8 Å². The predicted octanol–water partition coefficient (Wildman–Crippen LogP) is 3.69. The van der Waals surface area contributed by atoms with Gasteiger partial charge in [-0.15, -0.1) is 0 Å². The molecule has 1 rings (SSSR count). The number of carbonyl (C=O) groups excluding carboxylic acids is 1. The Bertz CT molecular complexity index is 537. The number of carbonyl (C=O) groups is 2. The van der Waals surface area contributed by atoms with Crippen molar-refractivity contribution in [2.75, 3.05) is 0 Å². The Morgan fingerprint density at radius 3 is 2.48 bits per heavy atom. The van der Waals surface area contributed by atoms with E-state index in [1.54, 1.807) is 39.0 Å². The van der Waals surface area contributed by atoms with Crippen LogP contribution in [0.25, 0.3) is 0 Å². The number of alkyl carbamates (subject to hydrolysis) is 1. The van der Waals surface area contributed by atoms with Gasteiger partial charge in [0.15, 0.2) is 0 Å². The normalized spacial score (nSPS) is 12.6. The van der Waals surface area contributed by atoms with Gasteiger partial charge in [0.05, 0.1) is 12.5 Å². The third kappa shape index (κ3) is 6.04. The molecule has 6 heteroatoms. The van der Waals surface area contributed by atoms with E-state index < -0.39 is 23.7 Å². The Morgan fingerprint density at radius 2 is 2.00 bits per heavy atom. The lowest BCUT2D eigenvalue weighted by Crippen LogP contribution is -2.36. The highest BCUT2D eigenvalue weighted by atomic mass is 35.5. The number of carboxylic acids is 1. The van der Waals surface area contributed by atoms with Gasteiger partial charge in [-0.1, -0.05) is 17.7 Å². The highest BCUT2D eigenvalue weighted by molar-refractivity contribution is 6.30. The average Bonchev–Trinajstić information content (AvgIpc) is 2.24. The first-order valence-corrected chi connectivity index (χ1v) is 6.93. The number of halogens is 1. The summed E-state index contributed by atoms with van der Waals surface area (Å²) in [6, 6.07) is 4.43. The fourth-order valence-corrected chi connectivity index (χ4v) is 2.12. The van der Waals surface area contributed by atoms with Crippen LogP contribution in [0, 0.1) is 6.92 Å². The number of hydrogen-bond acceptors (Lipinski definition) is 3. The zero-order valence-electron chi connectivity index (χ0n) is 12.6. The van der Waals surface area contributed by atoms with Crippen molar-refractivity contribution in [1.29, 1.82) is 0 Å². The fraction of sp³-hybridized carbons (Fsp3) is 0.467. The number of hydrogen-bond donors (Lipinski definition) is 2. The molecule has 0 bridgehead atoms. The summed E-state index contributed by atoms with van der Waals surface area (Å²) < 4.78 is 5.17. The van der Waals surface area contributed by atoms with Gasteiger partial charge in [-0.25, -0.2) is 4.79 Å². The largest absolute Gasteiger partial charge is 0.481 e. The van der Waals surface area contributed by atoms with Crippen LogP contribution in [-0.4, -0.2) is 22.8 Å². The molecule has 0 spiro atoms. The minimum absolute atomic E-state index is 0.234. The zero-order chi connectivity index (χ0) is 16.2. The Balaban J connectivity index is 2.95. The van der Waals surface area contributed by atoms with Gasteiger partial charge in [-0.2, -0.15) is 0 Å². The molecule has 116 valence electrons. The van der Waals surface area contributed by atoms with E-state index in [0.717, 1.165) is 5.56 Å². The molecule has 1 aromatic rings. The molecule has 1 aromatic carbocycles. The molecule has 5 nitrogen and oxygen atoms in total. The van der Waals surface area contributed by atoms with Crippen LogP contribution in [-0.2, 0) is 9.53 Å². The molecule has 1 amide bonds. The van der Waals surface area contributed by atoms with E-state index in [-0.39, 0.29) is 6.42 Å². The second-order valence-electron chi connectivity index (χ2n) is 5.80. The second-order valence-corrected chi connectivity index (χ2v) is 6.23. The van der Waals surface area contributed by atoms with E-state index in [2.05, 4.69) is 5.32 Å². The molecular weight excluding hydrogens is 294 g/mol. The summed E-state index contributed by atoms with van der Waals surface area (Å²) >= 11 is 5.89. The van der Waals surface area contributed by atoms with Crippen molar-refractivity contribution < 1.29 is 19.4 Å². The molecule has 0 radical (unpaired) electrons. The summed E-state index contributed by atoms with van der Waals surface area (Å²) in [7, 11) is 0. The minimum Gasteiger partial charge on any atom is -0.481 e. The zero-order valence-corrected chi connectivity index (χ0v) is 13.3. The maximum Gasteiger partial charge on any atom is 0.408 e. The van der Waals surface area contributed by atoms with Crippen molar-refractivity contribution in [2.24, 2.45) is 0 Å². The first-order chi connectivity index (χ1) is 9.58. The number of aryl methyl sites for hydroxylation is 1. The SMILES string of the molecule is Cc1cc(Cl)ccc1[C@@H](CC(=O)O)NC(=O)OC(C)(C)C. The van der Waals surface area contributed by atoms with E-state index in [9.17, 15) is 9.59 Å². The summed E-state index contributed by atoms with van der Waals surface area (Å²) in [5.41, 5.74) is 0.866. The summed E-state index contributed by atoms with van der Waals surface area (Å²) in [5, 5.41) is 12.2. The lowest BCUT2D eigenvalue weighted by molar-refractivity contribution is -0.137. The predicted molar refractivity (Wildman–Crippen MR) is 80.6 cm³/mol. The Kier molecular flexibility index (Phi) is 5.61. The number of aliphatic carboxylic acids is 1. The molecule has 0 saturated carbocycles. The van der Waals surface area contributed by atoms with Crippen LogP contribution in [0.15, 0.2) is 18.2 Å². The number of rotatable bonds is 4. The van der Waals surface area contributed by atoms with Gasteiger partial charge >= 0.3 is 12.1 Å². The van der Waals surface area contributed by atoms with Crippen LogP contribution in [0.1, 0.15) is 44.4 Å². The summed E-state index contributed by atoms with van der Waals surface area (Å²) in [5.74, 6) is -1.01. The number of carboxylic acid groups (broad SMARTS) is 1. The number of nitrogens with one attached hydrogen (secondary N) is 1. The molecule has 21 heavy (non-hydrogen) atoms. The maximum absolute atomic E-state index is 11.8. The standard InChI is InChI=1S/C15H20ClNO4/c1-9-7-10(16)5-6-11(9)12(8-13(18)19)17-14(20)21-15(2,3)4/h5-7,12H,8H2,1-4H3,(H,17,20)(H,18,19)/t12-/m1/s1. The van der Waals surface area contributed by atoms with Crippen LogP contribution in [0.2, 0.25) is 5.02 Å². The third-order valence-electron chi connectivity index (χ3n) is 2.68. The molecule has 0 aliphatic heterocycles. The molecule has 1 atom stereocenters. The quantitative estimate of drug-likeness (QED) is 0.889. The van der Waals surface area contributed by atoms with Crippen molar-refractivity contribution in [3.63, 3.8) is 0 Å². The minimum atomic E-state index is -1.01. The molecule has 0 aromatic heterocycles. The van der Waals surface area contributed by atoms with Crippen molar-refractivity contribution in [1.82, 2.24) is 5.32 Å². The van der Waals surface area contributed by atoms with E-state index in [4.69, 9.17) is 21.4 Å². The Labute approximate surface area is 129 Å². The first kappa shape index (κ1) is 17.3. The monoisotopic (exact) mass is 313 g/mol. The van der Waals surface area contributed by atoms with Crippen LogP contribution in [0.3, 0.4) is 0 Å². The van der Waals surface area contributed by atoms with Crippen LogP contribution < -0.4 is 5.32 Å². The number of ether oxygens (including phenoxy) is 1. The van der Waals surface area contributed by atoms with Gasteiger partial charge in [-0.05, 0) is 51.0 Å². The molecule has 0 saturated heterocycles. The highest BCUT2D eigenvalue weighted by Crippen LogP contribution is 2.24. The van der Waals surface area contributed by atoms with Crippen LogP contribution in [0.4, 0.5) is 4.79 Å². The third-order valence-corrected chi connectivity index (χ3v) is 2.91. The smallest absolute Gasteiger partial charge is 0.408 e. The summed E-state index contributed by atoms with van der Waals surface area (Å²) in [4.78, 5) is 22.9. The molecule has 0 heterocycles. The number of benzene rings is 1. The summed E-state index contributed by atoms with van der Waals surface area (Å²) in [6.07, 6.45) is -0.884. The van der Waals surface area contributed by atoms with Gasteiger partial charge in [-0.3, -0.25) is 4.79 Å². The van der Waals surface area contributed by atoms with Crippen molar-refractivity contribution >= 4 is 23.7 Å². The van der Waals surface area contributed by atoms with Gasteiger partial charge < -0.3 is 15.2 Å². The van der Waals surface area contributed by atoms with Crippen LogP contribution >= 0.6 is 11.6 Å². The molecule has 0 aliphatic rings. The lowest BCUT2D eigenvalue weighted by Gasteiger charge is -2.24. The molecular formula is C15H20ClNO4. The van der Waals surface area contributed by atoms with E-state index >= 15 is 0 Å². The molecule has 0 unspecified atom stereocenters. The van der Waals surface area contributed by atoms with E-state index in [1.165, 1.54) is 0 Å².